The standard InChI is InChI=1S/C40H62N6O7S/c1-10-25(5)34(44-39(52)40(8)18-12-13-19-45(40)9)37(49)46(11-2)32(24(3)4)22-33(53-27(7)47)36-43-31(23-54-36)35(48)42-30(20-26(6)38(50)51)21-28-14-16-29(41)17-15-28/h14-17,23-26,30,32-34H,10-13,18-22,41H2,1-9H3,(H,42,48)(H,44,52)(H,50,51)/t25-,26-,30+,32+,33+,34-,40+/m0/s1. The van der Waals surface area contributed by atoms with Crippen LogP contribution in [0, 0.1) is 17.8 Å². The largest absolute Gasteiger partial charge is 0.481 e. The number of thiazole rings is 1. The van der Waals surface area contributed by atoms with Gasteiger partial charge in [0.2, 0.25) is 11.8 Å². The highest BCUT2D eigenvalue weighted by Gasteiger charge is 2.43. The van der Waals surface area contributed by atoms with Crippen LogP contribution in [0.5, 0.6) is 0 Å². The van der Waals surface area contributed by atoms with Gasteiger partial charge >= 0.3 is 11.9 Å². The molecule has 0 bridgehead atoms. The maximum atomic E-state index is 14.5. The molecule has 14 heteroatoms. The molecule has 1 aromatic heterocycles. The molecule has 13 nitrogen and oxygen atoms in total. The molecule has 300 valence electrons. The smallest absolute Gasteiger partial charge is 0.306 e. The van der Waals surface area contributed by atoms with E-state index in [1.165, 1.54) is 18.3 Å². The number of ether oxygens (including phenoxy) is 1. The normalized spacial score (nSPS) is 19.5. The minimum atomic E-state index is -0.963. The topological polar surface area (TPSA) is 184 Å². The van der Waals surface area contributed by atoms with E-state index < -0.39 is 53.5 Å². The number of carboxylic acid groups (broad SMARTS) is 1. The second kappa shape index (κ2) is 20.0. The molecule has 0 spiro atoms. The van der Waals surface area contributed by atoms with Crippen LogP contribution in [0.15, 0.2) is 29.6 Å². The number of nitrogen functional groups attached to an aromatic ring is 1. The summed E-state index contributed by atoms with van der Waals surface area (Å²) in [7, 11) is 1.95. The number of aliphatic carboxylic acids is 1. The Morgan fingerprint density at radius 2 is 1.72 bits per heavy atom. The van der Waals surface area contributed by atoms with Crippen molar-refractivity contribution in [1.29, 1.82) is 0 Å². The Kier molecular flexibility index (Phi) is 16.5. The molecule has 1 aliphatic rings. The van der Waals surface area contributed by atoms with Crippen LogP contribution in [-0.2, 0) is 30.3 Å². The molecular weight excluding hydrogens is 709 g/mol. The van der Waals surface area contributed by atoms with Crippen molar-refractivity contribution in [2.24, 2.45) is 17.8 Å². The van der Waals surface area contributed by atoms with Crippen molar-refractivity contribution < 1.29 is 33.8 Å². The van der Waals surface area contributed by atoms with Crippen LogP contribution < -0.4 is 16.4 Å². The van der Waals surface area contributed by atoms with Gasteiger partial charge in [-0.15, -0.1) is 11.3 Å². The summed E-state index contributed by atoms with van der Waals surface area (Å²) >= 11 is 1.18. The number of carbonyl (C=O) groups excluding carboxylic acids is 4. The molecule has 0 unspecified atom stereocenters. The fraction of sp³-hybridized carbons (Fsp3) is 0.650. The van der Waals surface area contributed by atoms with Crippen LogP contribution in [0.25, 0.3) is 0 Å². The number of aromatic nitrogens is 1. The molecule has 1 aliphatic heterocycles. The monoisotopic (exact) mass is 770 g/mol. The molecule has 5 N–H and O–H groups in total. The van der Waals surface area contributed by atoms with E-state index in [-0.39, 0.29) is 42.2 Å². The highest BCUT2D eigenvalue weighted by Crippen LogP contribution is 2.32. The molecule has 1 saturated heterocycles. The lowest BCUT2D eigenvalue weighted by Crippen LogP contribution is -2.63. The van der Waals surface area contributed by atoms with Gasteiger partial charge in [-0.1, -0.05) is 53.2 Å². The molecular formula is C40H62N6O7S. The molecule has 1 fully saturated rings. The van der Waals surface area contributed by atoms with E-state index >= 15 is 0 Å². The summed E-state index contributed by atoms with van der Waals surface area (Å²) in [6.45, 7) is 15.9. The van der Waals surface area contributed by atoms with Gasteiger partial charge in [-0.05, 0) is 89.1 Å². The SMILES string of the molecule is CC[C@H](C)[C@H](NC(=O)[C@@]1(C)CCCCN1C)C(=O)N(CC)[C@H](C[C@@H](OC(C)=O)c1nc(C(=O)N[C@@H](Cc2ccc(N)cc2)C[C@H](C)C(=O)O)cs1)C(C)C. The Hall–Kier alpha value is -4.04. The number of nitrogens with one attached hydrogen (secondary N) is 2. The first kappa shape index (κ1) is 44.4. The molecule has 3 amide bonds. The molecule has 7 atom stereocenters. The minimum absolute atomic E-state index is 0.0599. The number of hydrogen-bond acceptors (Lipinski definition) is 10. The van der Waals surface area contributed by atoms with Gasteiger partial charge in [-0.3, -0.25) is 28.9 Å². The van der Waals surface area contributed by atoms with Crippen molar-refractivity contribution in [2.45, 2.75) is 130 Å². The predicted octanol–water partition coefficient (Wildman–Crippen LogP) is 5.45. The maximum absolute atomic E-state index is 14.5. The number of hydrogen-bond donors (Lipinski definition) is 4. The zero-order valence-electron chi connectivity index (χ0n) is 33.5. The van der Waals surface area contributed by atoms with Crippen LogP contribution in [0.2, 0.25) is 0 Å². The van der Waals surface area contributed by atoms with Gasteiger partial charge in [0.1, 0.15) is 16.7 Å². The van der Waals surface area contributed by atoms with E-state index in [0.717, 1.165) is 24.9 Å². The van der Waals surface area contributed by atoms with Crippen molar-refractivity contribution in [3.8, 4) is 0 Å². The number of nitrogens with two attached hydrogens (primary N) is 1. The van der Waals surface area contributed by atoms with Gasteiger partial charge in [0.25, 0.3) is 5.91 Å². The number of benzene rings is 1. The summed E-state index contributed by atoms with van der Waals surface area (Å²) in [4.78, 5) is 74.5. The van der Waals surface area contributed by atoms with E-state index in [2.05, 4.69) is 20.5 Å². The zero-order chi connectivity index (χ0) is 40.3. The fourth-order valence-electron chi connectivity index (χ4n) is 7.09. The predicted molar refractivity (Wildman–Crippen MR) is 211 cm³/mol. The van der Waals surface area contributed by atoms with Gasteiger partial charge in [0.15, 0.2) is 6.10 Å². The summed E-state index contributed by atoms with van der Waals surface area (Å²) in [6.07, 6.45) is 3.33. The highest BCUT2D eigenvalue weighted by atomic mass is 32.1. The number of anilines is 1. The highest BCUT2D eigenvalue weighted by molar-refractivity contribution is 7.09. The second-order valence-corrected chi connectivity index (χ2v) is 16.3. The van der Waals surface area contributed by atoms with E-state index in [0.29, 0.717) is 36.5 Å². The lowest BCUT2D eigenvalue weighted by Gasteiger charge is -2.43. The molecule has 0 aliphatic carbocycles. The van der Waals surface area contributed by atoms with Crippen molar-refractivity contribution in [1.82, 2.24) is 25.4 Å². The van der Waals surface area contributed by atoms with Crippen molar-refractivity contribution >= 4 is 46.7 Å². The van der Waals surface area contributed by atoms with E-state index in [1.807, 2.05) is 60.7 Å². The Morgan fingerprint density at radius 1 is 1.06 bits per heavy atom. The number of carboxylic acids is 1. The van der Waals surface area contributed by atoms with Crippen LogP contribution >= 0.6 is 11.3 Å². The fourth-order valence-corrected chi connectivity index (χ4v) is 7.93. The Balaban J connectivity index is 1.87. The number of likely N-dealkylation sites (tertiary alicyclic amines) is 1. The number of likely N-dealkylation sites (N-methyl/N-ethyl adjacent to an activating group) is 2. The molecule has 0 radical (unpaired) electrons. The van der Waals surface area contributed by atoms with Gasteiger partial charge in [0, 0.05) is 43.0 Å². The Labute approximate surface area is 324 Å². The number of esters is 1. The van der Waals surface area contributed by atoms with Crippen LogP contribution in [0.4, 0.5) is 5.69 Å². The maximum Gasteiger partial charge on any atom is 0.306 e. The molecule has 3 rings (SSSR count). The second-order valence-electron chi connectivity index (χ2n) is 15.4. The minimum Gasteiger partial charge on any atom is -0.481 e. The molecule has 2 heterocycles. The van der Waals surface area contributed by atoms with Gasteiger partial charge < -0.3 is 31.1 Å². The van der Waals surface area contributed by atoms with Gasteiger partial charge in [-0.25, -0.2) is 4.98 Å². The number of piperidine rings is 1. The van der Waals surface area contributed by atoms with Crippen molar-refractivity contribution in [3.05, 3.63) is 45.9 Å². The zero-order valence-corrected chi connectivity index (χ0v) is 34.3. The summed E-state index contributed by atoms with van der Waals surface area (Å²) in [5, 5.41) is 17.7. The quantitative estimate of drug-likeness (QED) is 0.106. The third kappa shape index (κ3) is 11.7. The molecule has 2 aromatic rings. The Morgan fingerprint density at radius 3 is 2.28 bits per heavy atom. The lowest BCUT2D eigenvalue weighted by molar-refractivity contribution is -0.150. The van der Waals surface area contributed by atoms with Crippen molar-refractivity contribution in [3.63, 3.8) is 0 Å². The molecule has 54 heavy (non-hydrogen) atoms. The first-order valence-electron chi connectivity index (χ1n) is 19.2. The number of rotatable bonds is 19. The summed E-state index contributed by atoms with van der Waals surface area (Å²) in [5.41, 5.74) is 6.73. The summed E-state index contributed by atoms with van der Waals surface area (Å²) < 4.78 is 5.82. The van der Waals surface area contributed by atoms with E-state index in [1.54, 1.807) is 29.3 Å². The number of amides is 3. The molecule has 0 saturated carbocycles. The lowest BCUT2D eigenvalue weighted by atomic mass is 9.86. The van der Waals surface area contributed by atoms with Crippen LogP contribution in [0.1, 0.15) is 121 Å². The Bertz CT molecular complexity index is 1580. The third-order valence-corrected chi connectivity index (χ3v) is 11.9. The number of nitrogens with zero attached hydrogens (tertiary/aromatic N) is 3. The van der Waals surface area contributed by atoms with Crippen LogP contribution in [-0.4, -0.2) is 93.4 Å². The van der Waals surface area contributed by atoms with Gasteiger partial charge in [-0.2, -0.15) is 0 Å². The third-order valence-electron chi connectivity index (χ3n) is 10.9. The average Bonchev–Trinajstić information content (AvgIpc) is 3.62. The van der Waals surface area contributed by atoms with Crippen LogP contribution in [0.3, 0.4) is 0 Å². The first-order valence-corrected chi connectivity index (χ1v) is 20.1. The van der Waals surface area contributed by atoms with Crippen molar-refractivity contribution in [2.75, 3.05) is 25.9 Å². The van der Waals surface area contributed by atoms with Gasteiger partial charge in [0.05, 0.1) is 11.5 Å². The first-order chi connectivity index (χ1) is 25.4. The summed E-state index contributed by atoms with van der Waals surface area (Å²) in [6, 6.07) is 5.55. The summed E-state index contributed by atoms with van der Waals surface area (Å²) in [5.74, 6) is -3.21. The van der Waals surface area contributed by atoms with E-state index in [4.69, 9.17) is 10.5 Å². The molecule has 1 aromatic carbocycles. The average molecular weight is 771 g/mol. The van der Waals surface area contributed by atoms with E-state index in [9.17, 15) is 29.1 Å². The number of carbonyl (C=O) groups is 5.